The lowest BCUT2D eigenvalue weighted by molar-refractivity contribution is -0.141. The Labute approximate surface area is 218 Å². The zero-order valence-electron chi connectivity index (χ0n) is 21.2. The molecule has 2 unspecified atom stereocenters. The molecule has 0 heterocycles. The molecule has 2 aromatic rings. The molecule has 0 saturated carbocycles. The lowest BCUT2D eigenvalue weighted by atomic mass is 9.99. The van der Waals surface area contributed by atoms with Crippen molar-refractivity contribution in [3.05, 3.63) is 77.9 Å². The van der Waals surface area contributed by atoms with E-state index in [2.05, 4.69) is 29.8 Å². The molecule has 9 heteroatoms. The summed E-state index contributed by atoms with van der Waals surface area (Å²) in [6.07, 6.45) is 0.697. The maximum absolute atomic E-state index is 13.7. The molecule has 8 nitrogen and oxygen atoms in total. The van der Waals surface area contributed by atoms with E-state index in [9.17, 15) is 19.5 Å². The first-order chi connectivity index (χ1) is 17.0. The number of rotatable bonds is 10. The summed E-state index contributed by atoms with van der Waals surface area (Å²) in [6.45, 7) is 10.8. The van der Waals surface area contributed by atoms with Crippen molar-refractivity contribution < 1.29 is 24.2 Å². The Kier molecular flexibility index (Phi) is 10.4. The maximum atomic E-state index is 13.7. The first-order valence-electron chi connectivity index (χ1n) is 11.6. The number of aryl methyl sites for hydroxylation is 1. The van der Waals surface area contributed by atoms with Crippen LogP contribution in [0.25, 0.3) is 0 Å². The summed E-state index contributed by atoms with van der Waals surface area (Å²) >= 11 is 4.24. The van der Waals surface area contributed by atoms with Crippen molar-refractivity contribution in [1.82, 2.24) is 15.5 Å². The van der Waals surface area contributed by atoms with Crippen LogP contribution in [0.4, 0.5) is 4.79 Å². The Hall–Kier alpha value is -3.46. The normalized spacial score (nSPS) is 12.7. The van der Waals surface area contributed by atoms with Crippen molar-refractivity contribution >= 4 is 30.5 Å². The van der Waals surface area contributed by atoms with Crippen LogP contribution in [-0.2, 0) is 20.9 Å². The summed E-state index contributed by atoms with van der Waals surface area (Å²) in [6, 6.07) is 12.1. The first-order valence-corrected chi connectivity index (χ1v) is 12.2. The molecule has 0 radical (unpaired) electrons. The number of nitrogens with zero attached hydrogens (tertiary/aromatic N) is 1. The average molecular weight is 514 g/mol. The average Bonchev–Trinajstić information content (AvgIpc) is 2.82. The summed E-state index contributed by atoms with van der Waals surface area (Å²) in [5.41, 5.74) is 0.921. The summed E-state index contributed by atoms with van der Waals surface area (Å²) in [5.74, 6) is -1.20. The third kappa shape index (κ3) is 8.05. The number of benzene rings is 2. The second-order valence-corrected chi connectivity index (χ2v) is 9.64. The Bertz CT molecular complexity index is 1070. The SMILES string of the molecule is C=CCN(C(=O)C(CS)NC(=O)OC(C)(C)C)C(C(=O)NCc1ccccc1)c1cccc(C)c1O. The predicted molar refractivity (Wildman–Crippen MR) is 143 cm³/mol. The lowest BCUT2D eigenvalue weighted by Gasteiger charge is -2.34. The molecule has 0 fully saturated rings. The van der Waals surface area contributed by atoms with Crippen LogP contribution in [0.5, 0.6) is 5.75 Å². The van der Waals surface area contributed by atoms with Crippen molar-refractivity contribution in [1.29, 1.82) is 0 Å². The monoisotopic (exact) mass is 513 g/mol. The minimum atomic E-state index is -1.19. The molecule has 0 aliphatic carbocycles. The van der Waals surface area contributed by atoms with E-state index in [1.54, 1.807) is 45.9 Å². The van der Waals surface area contributed by atoms with Crippen LogP contribution in [0.15, 0.2) is 61.2 Å². The van der Waals surface area contributed by atoms with Crippen molar-refractivity contribution in [2.45, 2.75) is 51.9 Å². The molecular formula is C27H35N3O5S. The highest BCUT2D eigenvalue weighted by Crippen LogP contribution is 2.32. The third-order valence-corrected chi connectivity index (χ3v) is 5.58. The fourth-order valence-corrected chi connectivity index (χ4v) is 3.78. The molecule has 36 heavy (non-hydrogen) atoms. The summed E-state index contributed by atoms with van der Waals surface area (Å²) in [7, 11) is 0. The fraction of sp³-hybridized carbons (Fsp3) is 0.370. The second kappa shape index (κ2) is 13.0. The topological polar surface area (TPSA) is 108 Å². The molecule has 0 spiro atoms. The van der Waals surface area contributed by atoms with E-state index < -0.39 is 35.6 Å². The zero-order chi connectivity index (χ0) is 26.9. The highest BCUT2D eigenvalue weighted by Gasteiger charge is 2.36. The van der Waals surface area contributed by atoms with Crippen LogP contribution in [0.1, 0.15) is 43.5 Å². The number of alkyl carbamates (subject to hydrolysis) is 1. The predicted octanol–water partition coefficient (Wildman–Crippen LogP) is 3.90. The van der Waals surface area contributed by atoms with Crippen LogP contribution in [0.2, 0.25) is 0 Å². The van der Waals surface area contributed by atoms with Gasteiger partial charge in [0.25, 0.3) is 0 Å². The van der Waals surface area contributed by atoms with Gasteiger partial charge in [0.2, 0.25) is 11.8 Å². The number of phenols is 1. The van der Waals surface area contributed by atoms with Crippen LogP contribution in [0, 0.1) is 6.92 Å². The zero-order valence-corrected chi connectivity index (χ0v) is 22.0. The Morgan fingerprint density at radius 1 is 1.14 bits per heavy atom. The van der Waals surface area contributed by atoms with Gasteiger partial charge in [0.1, 0.15) is 23.4 Å². The van der Waals surface area contributed by atoms with E-state index in [4.69, 9.17) is 4.74 Å². The highest BCUT2D eigenvalue weighted by atomic mass is 32.1. The number of carbonyl (C=O) groups excluding carboxylic acids is 3. The van der Waals surface area contributed by atoms with Crippen LogP contribution in [-0.4, -0.2) is 51.9 Å². The molecule has 3 amide bonds. The van der Waals surface area contributed by atoms with Crippen molar-refractivity contribution in [3.8, 4) is 5.75 Å². The minimum absolute atomic E-state index is 0.0179. The van der Waals surface area contributed by atoms with Gasteiger partial charge in [0, 0.05) is 24.4 Å². The summed E-state index contributed by atoms with van der Waals surface area (Å²) in [4.78, 5) is 40.8. The molecule has 0 aliphatic rings. The van der Waals surface area contributed by atoms with Gasteiger partial charge in [0.15, 0.2) is 0 Å². The molecule has 2 rings (SSSR count). The van der Waals surface area contributed by atoms with Crippen LogP contribution in [0.3, 0.4) is 0 Å². The molecule has 3 N–H and O–H groups in total. The van der Waals surface area contributed by atoms with Gasteiger partial charge in [-0.1, -0.05) is 54.6 Å². The van der Waals surface area contributed by atoms with Crippen LogP contribution < -0.4 is 10.6 Å². The molecule has 194 valence electrons. The van der Waals surface area contributed by atoms with Gasteiger partial charge in [0.05, 0.1) is 0 Å². The number of carbonyl (C=O) groups is 3. The number of ether oxygens (including phenoxy) is 1. The summed E-state index contributed by atoms with van der Waals surface area (Å²) < 4.78 is 5.28. The minimum Gasteiger partial charge on any atom is -0.507 e. The number of thiol groups is 1. The third-order valence-electron chi connectivity index (χ3n) is 5.21. The van der Waals surface area contributed by atoms with Gasteiger partial charge >= 0.3 is 6.09 Å². The van der Waals surface area contributed by atoms with E-state index >= 15 is 0 Å². The van der Waals surface area contributed by atoms with Gasteiger partial charge < -0.3 is 25.4 Å². The van der Waals surface area contributed by atoms with Crippen molar-refractivity contribution in [2.24, 2.45) is 0 Å². The van der Waals surface area contributed by atoms with E-state index in [1.165, 1.54) is 11.0 Å². The quantitative estimate of drug-likeness (QED) is 0.285. The number of nitrogens with one attached hydrogen (secondary N) is 2. The van der Waals surface area contributed by atoms with Gasteiger partial charge in [-0.3, -0.25) is 9.59 Å². The van der Waals surface area contributed by atoms with Gasteiger partial charge in [-0.05, 0) is 38.8 Å². The number of phenolic OH excluding ortho intramolecular Hbond substituents is 1. The number of amides is 3. The number of aromatic hydroxyl groups is 1. The molecular weight excluding hydrogens is 478 g/mol. The van der Waals surface area contributed by atoms with Crippen molar-refractivity contribution in [2.75, 3.05) is 12.3 Å². The highest BCUT2D eigenvalue weighted by molar-refractivity contribution is 7.80. The Morgan fingerprint density at radius 3 is 2.39 bits per heavy atom. The number of hydrogen-bond acceptors (Lipinski definition) is 6. The lowest BCUT2D eigenvalue weighted by Crippen LogP contribution is -2.53. The smallest absolute Gasteiger partial charge is 0.408 e. The van der Waals surface area contributed by atoms with Gasteiger partial charge in [-0.15, -0.1) is 6.58 Å². The fourth-order valence-electron chi connectivity index (χ4n) is 3.53. The summed E-state index contributed by atoms with van der Waals surface area (Å²) in [5, 5.41) is 16.2. The van der Waals surface area contributed by atoms with Crippen LogP contribution >= 0.6 is 12.6 Å². The van der Waals surface area contributed by atoms with E-state index in [1.807, 2.05) is 30.3 Å². The van der Waals surface area contributed by atoms with E-state index in [0.29, 0.717) is 5.56 Å². The Morgan fingerprint density at radius 2 is 1.81 bits per heavy atom. The molecule has 0 saturated heterocycles. The number of para-hydroxylation sites is 1. The van der Waals surface area contributed by atoms with E-state index in [0.717, 1.165) is 5.56 Å². The first kappa shape index (κ1) is 28.8. The molecule has 2 aromatic carbocycles. The largest absolute Gasteiger partial charge is 0.507 e. The van der Waals surface area contributed by atoms with Gasteiger partial charge in [-0.25, -0.2) is 4.79 Å². The number of hydrogen-bond donors (Lipinski definition) is 4. The standard InChI is InChI=1S/C27H35N3O5S/c1-6-15-30(25(33)21(17-36)29-26(34)35-27(3,4)5)22(20-14-10-11-18(2)23(20)31)24(32)28-16-19-12-8-7-9-13-19/h6-14,21-22,31,36H,1,15-17H2,2-5H3,(H,28,32)(H,29,34). The maximum Gasteiger partial charge on any atom is 0.408 e. The Balaban J connectivity index is 2.43. The van der Waals surface area contributed by atoms with E-state index in [-0.39, 0.29) is 30.2 Å². The molecule has 0 aromatic heterocycles. The van der Waals surface area contributed by atoms with Gasteiger partial charge in [-0.2, -0.15) is 12.6 Å². The molecule has 2 atom stereocenters. The second-order valence-electron chi connectivity index (χ2n) is 9.28. The molecule has 0 bridgehead atoms. The molecule has 0 aliphatic heterocycles. The van der Waals surface area contributed by atoms with Crippen molar-refractivity contribution in [3.63, 3.8) is 0 Å².